The van der Waals surface area contributed by atoms with Gasteiger partial charge in [0.1, 0.15) is 5.65 Å². The number of nitrogens with one attached hydrogen (secondary N) is 1. The van der Waals surface area contributed by atoms with E-state index in [0.717, 1.165) is 36.8 Å². The molecule has 2 aromatic carbocycles. The Kier molecular flexibility index (Phi) is 9.48. The number of ether oxygens (including phenoxy) is 1. The van der Waals surface area contributed by atoms with E-state index in [-0.39, 0.29) is 21.6 Å². The zero-order valence-corrected chi connectivity index (χ0v) is 26.6. The molecule has 2 aromatic heterocycles. The van der Waals surface area contributed by atoms with E-state index >= 15 is 0 Å². The first-order chi connectivity index (χ1) is 20.9. The highest BCUT2D eigenvalue weighted by Gasteiger charge is 2.25. The number of anilines is 2. The summed E-state index contributed by atoms with van der Waals surface area (Å²) in [5.41, 5.74) is 3.49. The van der Waals surface area contributed by atoms with Gasteiger partial charge >= 0.3 is 0 Å². The lowest BCUT2D eigenvalue weighted by Gasteiger charge is -2.22. The van der Waals surface area contributed by atoms with Crippen molar-refractivity contribution < 1.29 is 8.95 Å². The van der Waals surface area contributed by atoms with E-state index in [0.29, 0.717) is 45.9 Å². The topological polar surface area (TPSA) is 86.1 Å². The molecule has 0 radical (unpaired) electrons. The Bertz CT molecular complexity index is 1670. The van der Waals surface area contributed by atoms with Gasteiger partial charge in [0.25, 0.3) is 5.56 Å². The summed E-state index contributed by atoms with van der Waals surface area (Å²) in [7, 11) is 0.233. The van der Waals surface area contributed by atoms with E-state index in [1.807, 2.05) is 0 Å². The minimum Gasteiger partial charge on any atom is -0.384 e. The van der Waals surface area contributed by atoms with Gasteiger partial charge < -0.3 is 10.1 Å². The SMILES string of the molecule is COCCS(=O)c1cc(Cl)c(-c2cc3cnc(Nc4ccc(C5CCCCC5)cc4)nc3n(C3CCCC3)c2=O)c(Cl)c1. The Balaban J connectivity index is 1.36. The summed E-state index contributed by atoms with van der Waals surface area (Å²) in [5, 5.41) is 4.62. The predicted molar refractivity (Wildman–Crippen MR) is 175 cm³/mol. The number of pyridine rings is 1. The van der Waals surface area contributed by atoms with Crippen molar-refractivity contribution in [2.24, 2.45) is 0 Å². The van der Waals surface area contributed by atoms with Gasteiger partial charge in [0.2, 0.25) is 5.95 Å². The predicted octanol–water partition coefficient (Wildman–Crippen LogP) is 8.43. The van der Waals surface area contributed by atoms with Crippen LogP contribution in [0.3, 0.4) is 0 Å². The molecule has 10 heteroatoms. The number of fused-ring (bicyclic) bond motifs is 1. The number of methoxy groups -OCH3 is 1. The van der Waals surface area contributed by atoms with Crippen LogP contribution in [0.25, 0.3) is 22.2 Å². The van der Waals surface area contributed by atoms with Gasteiger partial charge in [0.05, 0.1) is 38.8 Å². The maximum atomic E-state index is 14.2. The van der Waals surface area contributed by atoms with Gasteiger partial charge in [-0.2, -0.15) is 4.98 Å². The molecule has 2 aliphatic carbocycles. The Morgan fingerprint density at radius 2 is 1.65 bits per heavy atom. The highest BCUT2D eigenvalue weighted by atomic mass is 35.5. The first-order valence-corrected chi connectivity index (χ1v) is 17.2. The summed E-state index contributed by atoms with van der Waals surface area (Å²) < 4.78 is 19.6. The molecule has 2 fully saturated rings. The lowest BCUT2D eigenvalue weighted by molar-refractivity contribution is 0.218. The third kappa shape index (κ3) is 6.53. The first-order valence-electron chi connectivity index (χ1n) is 15.1. The second-order valence-corrected chi connectivity index (χ2v) is 13.9. The molecule has 4 aromatic rings. The molecule has 1 atom stereocenters. The second-order valence-electron chi connectivity index (χ2n) is 11.5. The number of halogens is 2. The Morgan fingerprint density at radius 3 is 2.33 bits per heavy atom. The molecule has 0 saturated heterocycles. The summed E-state index contributed by atoms with van der Waals surface area (Å²) in [6, 6.07) is 13.6. The van der Waals surface area contributed by atoms with E-state index in [9.17, 15) is 9.00 Å². The maximum absolute atomic E-state index is 14.2. The van der Waals surface area contributed by atoms with Crippen molar-refractivity contribution in [3.63, 3.8) is 0 Å². The average molecular weight is 640 g/mol. The van der Waals surface area contributed by atoms with Gasteiger partial charge in [-0.05, 0) is 67.5 Å². The average Bonchev–Trinajstić information content (AvgIpc) is 3.55. The Hall–Kier alpha value is -2.78. The van der Waals surface area contributed by atoms with Crippen LogP contribution in [0.5, 0.6) is 0 Å². The van der Waals surface area contributed by atoms with Crippen LogP contribution in [0.2, 0.25) is 10.0 Å². The van der Waals surface area contributed by atoms with Gasteiger partial charge in [-0.25, -0.2) is 4.98 Å². The Morgan fingerprint density at radius 1 is 0.977 bits per heavy atom. The lowest BCUT2D eigenvalue weighted by Crippen LogP contribution is -2.26. The van der Waals surface area contributed by atoms with Crippen LogP contribution in [-0.2, 0) is 15.5 Å². The summed E-state index contributed by atoms with van der Waals surface area (Å²) >= 11 is 13.4. The van der Waals surface area contributed by atoms with Crippen LogP contribution in [-0.4, -0.2) is 38.2 Å². The van der Waals surface area contributed by atoms with E-state index in [1.54, 1.807) is 36.1 Å². The summed E-state index contributed by atoms with van der Waals surface area (Å²) in [6.45, 7) is 0.350. The highest BCUT2D eigenvalue weighted by molar-refractivity contribution is 7.85. The number of nitrogens with zero attached hydrogens (tertiary/aromatic N) is 3. The number of rotatable bonds is 9. The van der Waals surface area contributed by atoms with Crippen LogP contribution in [0.4, 0.5) is 11.6 Å². The zero-order chi connectivity index (χ0) is 29.9. The molecular weight excluding hydrogens is 603 g/mol. The lowest BCUT2D eigenvalue weighted by atomic mass is 9.84. The van der Waals surface area contributed by atoms with Crippen LogP contribution in [0, 0.1) is 0 Å². The van der Waals surface area contributed by atoms with Gasteiger partial charge in [-0.3, -0.25) is 13.6 Å². The largest absolute Gasteiger partial charge is 0.384 e. The number of hydrogen-bond acceptors (Lipinski definition) is 6. The molecule has 7 nitrogen and oxygen atoms in total. The van der Waals surface area contributed by atoms with Crippen LogP contribution in [0.1, 0.15) is 75.3 Å². The van der Waals surface area contributed by atoms with Crippen LogP contribution in [0.15, 0.2) is 58.4 Å². The number of aromatic nitrogens is 3. The molecule has 6 rings (SSSR count). The fourth-order valence-electron chi connectivity index (χ4n) is 6.48. The third-order valence-corrected chi connectivity index (χ3v) is 10.6. The van der Waals surface area contributed by atoms with Crippen molar-refractivity contribution in [3.8, 4) is 11.1 Å². The van der Waals surface area contributed by atoms with Crippen molar-refractivity contribution in [3.05, 3.63) is 74.6 Å². The molecular formula is C33H36Cl2N4O3S. The number of hydrogen-bond donors (Lipinski definition) is 1. The van der Waals surface area contributed by atoms with Gasteiger partial charge in [-0.15, -0.1) is 0 Å². The molecule has 2 saturated carbocycles. The molecule has 226 valence electrons. The zero-order valence-electron chi connectivity index (χ0n) is 24.3. The van der Waals surface area contributed by atoms with Crippen molar-refractivity contribution >= 4 is 56.7 Å². The molecule has 0 spiro atoms. The molecule has 1 unspecified atom stereocenters. The van der Waals surface area contributed by atoms with Crippen molar-refractivity contribution in [1.29, 1.82) is 0 Å². The molecule has 2 aliphatic rings. The van der Waals surface area contributed by atoms with Gasteiger partial charge in [0, 0.05) is 40.9 Å². The van der Waals surface area contributed by atoms with Crippen molar-refractivity contribution in [2.75, 3.05) is 24.8 Å². The Labute approximate surface area is 264 Å². The number of benzene rings is 2. The normalized spacial score (nSPS) is 17.0. The van der Waals surface area contributed by atoms with Gasteiger partial charge in [-0.1, -0.05) is 67.4 Å². The standard InChI is InChI=1S/C33H36Cl2N4O3S/c1-42-15-16-43(41)26-18-28(34)30(29(35)19-26)27-17-23-20-36-33(38-31(23)39(32(27)40)25-9-5-6-10-25)37-24-13-11-22(12-14-24)21-7-3-2-4-8-21/h11-14,17-21,25H,2-10,15-16H2,1H3,(H,36,37,38). The molecule has 0 bridgehead atoms. The second kappa shape index (κ2) is 13.5. The molecule has 1 N–H and O–H groups in total. The smallest absolute Gasteiger partial charge is 0.260 e. The molecule has 0 aliphatic heterocycles. The maximum Gasteiger partial charge on any atom is 0.260 e. The quantitative estimate of drug-likeness (QED) is 0.198. The van der Waals surface area contributed by atoms with Crippen LogP contribution < -0.4 is 10.9 Å². The minimum absolute atomic E-state index is 0.0193. The van der Waals surface area contributed by atoms with Gasteiger partial charge in [0.15, 0.2) is 0 Å². The fraction of sp³-hybridized carbons (Fsp3) is 0.424. The minimum atomic E-state index is -1.33. The highest BCUT2D eigenvalue weighted by Crippen LogP contribution is 2.38. The fourth-order valence-corrected chi connectivity index (χ4v) is 8.35. The monoisotopic (exact) mass is 638 g/mol. The third-order valence-electron chi connectivity index (χ3n) is 8.73. The van der Waals surface area contributed by atoms with E-state index in [2.05, 4.69) is 34.6 Å². The summed E-state index contributed by atoms with van der Waals surface area (Å²) in [6.07, 6.45) is 12.1. The summed E-state index contributed by atoms with van der Waals surface area (Å²) in [5.74, 6) is 1.41. The van der Waals surface area contributed by atoms with Crippen molar-refractivity contribution in [2.45, 2.75) is 74.6 Å². The first kappa shape index (κ1) is 30.3. The van der Waals surface area contributed by atoms with E-state index in [4.69, 9.17) is 32.9 Å². The van der Waals surface area contributed by atoms with E-state index in [1.165, 1.54) is 37.7 Å². The summed E-state index contributed by atoms with van der Waals surface area (Å²) in [4.78, 5) is 24.1. The molecule has 43 heavy (non-hydrogen) atoms. The molecule has 2 heterocycles. The van der Waals surface area contributed by atoms with Crippen molar-refractivity contribution in [1.82, 2.24) is 14.5 Å². The molecule has 0 amide bonds. The van der Waals surface area contributed by atoms with Crippen LogP contribution >= 0.6 is 23.2 Å². The van der Waals surface area contributed by atoms with E-state index < -0.39 is 10.8 Å².